The number of hydrogen-bond acceptors (Lipinski definition) is 2. The average Bonchev–Trinajstić information content (AvgIpc) is 2.26. The van der Waals surface area contributed by atoms with E-state index in [-0.39, 0.29) is 11.1 Å². The second-order valence-corrected chi connectivity index (χ2v) is 8.41. The van der Waals surface area contributed by atoms with E-state index in [1.54, 1.807) is 0 Å². The quantitative estimate of drug-likeness (QED) is 0.830. The third-order valence-corrected chi connectivity index (χ3v) is 4.79. The van der Waals surface area contributed by atoms with Crippen molar-refractivity contribution in [1.82, 2.24) is 10.6 Å². The third-order valence-electron chi connectivity index (χ3n) is 3.78. The van der Waals surface area contributed by atoms with E-state index >= 15 is 0 Å². The van der Waals surface area contributed by atoms with Gasteiger partial charge in [0.2, 0.25) is 0 Å². The average molecular weight is 360 g/mol. The van der Waals surface area contributed by atoms with Crippen molar-refractivity contribution in [2.45, 2.75) is 64.2 Å². The minimum Gasteiger partial charge on any atom is -0.310 e. The van der Waals surface area contributed by atoms with Gasteiger partial charge in [-0.15, -0.1) is 0 Å². The Balaban J connectivity index is 2.01. The van der Waals surface area contributed by atoms with E-state index in [4.69, 9.17) is 11.6 Å². The molecule has 112 valence electrons. The molecule has 0 aromatic heterocycles. The number of piperidine rings is 1. The summed E-state index contributed by atoms with van der Waals surface area (Å²) in [5, 5.41) is 8.19. The summed E-state index contributed by atoms with van der Waals surface area (Å²) in [4.78, 5) is 0. The summed E-state index contributed by atoms with van der Waals surface area (Å²) in [5.74, 6) is 0. The van der Waals surface area contributed by atoms with Crippen molar-refractivity contribution in [3.8, 4) is 0 Å². The van der Waals surface area contributed by atoms with E-state index in [1.807, 2.05) is 18.2 Å². The highest BCUT2D eigenvalue weighted by Gasteiger charge is 2.37. The second kappa shape index (κ2) is 5.96. The molecule has 4 heteroatoms. The van der Waals surface area contributed by atoms with Crippen molar-refractivity contribution in [1.29, 1.82) is 0 Å². The number of benzene rings is 1. The van der Waals surface area contributed by atoms with Crippen LogP contribution in [0.1, 0.15) is 46.1 Å². The fourth-order valence-corrected chi connectivity index (χ4v) is 3.98. The van der Waals surface area contributed by atoms with Gasteiger partial charge in [-0.3, -0.25) is 0 Å². The van der Waals surface area contributed by atoms with Gasteiger partial charge in [0.25, 0.3) is 0 Å². The van der Waals surface area contributed by atoms with Crippen LogP contribution in [0.25, 0.3) is 0 Å². The fraction of sp³-hybridized carbons (Fsp3) is 0.625. The van der Waals surface area contributed by atoms with Gasteiger partial charge in [-0.1, -0.05) is 27.5 Å². The van der Waals surface area contributed by atoms with Gasteiger partial charge in [0.1, 0.15) is 0 Å². The van der Waals surface area contributed by atoms with Gasteiger partial charge < -0.3 is 10.6 Å². The molecule has 2 rings (SSSR count). The molecule has 1 aliphatic rings. The Labute approximate surface area is 135 Å². The Hall–Kier alpha value is -0.0900. The molecule has 1 saturated heterocycles. The number of halogens is 2. The molecule has 1 aromatic rings. The molecule has 1 aromatic carbocycles. The van der Waals surface area contributed by atoms with Crippen LogP contribution in [0.3, 0.4) is 0 Å². The van der Waals surface area contributed by atoms with Crippen LogP contribution in [0.2, 0.25) is 5.02 Å². The Morgan fingerprint density at radius 1 is 1.25 bits per heavy atom. The first-order valence-electron chi connectivity index (χ1n) is 7.14. The lowest BCUT2D eigenvalue weighted by Crippen LogP contribution is -2.61. The molecule has 1 fully saturated rings. The Morgan fingerprint density at radius 2 is 1.85 bits per heavy atom. The first kappa shape index (κ1) is 16.3. The van der Waals surface area contributed by atoms with Crippen LogP contribution >= 0.6 is 27.5 Å². The largest absolute Gasteiger partial charge is 0.310 e. The summed E-state index contributed by atoms with van der Waals surface area (Å²) < 4.78 is 1.11. The van der Waals surface area contributed by atoms with Crippen LogP contribution in [0, 0.1) is 0 Å². The number of rotatable bonds is 3. The molecule has 0 unspecified atom stereocenters. The maximum absolute atomic E-state index is 6.07. The van der Waals surface area contributed by atoms with E-state index in [0.717, 1.165) is 28.9 Å². The minimum atomic E-state index is 0.172. The molecule has 2 nitrogen and oxygen atoms in total. The van der Waals surface area contributed by atoms with E-state index in [0.29, 0.717) is 6.04 Å². The molecule has 0 bridgehead atoms. The van der Waals surface area contributed by atoms with Crippen LogP contribution in [-0.2, 0) is 6.54 Å². The maximum Gasteiger partial charge on any atom is 0.0410 e. The highest BCUT2D eigenvalue weighted by Crippen LogP contribution is 2.29. The zero-order chi connectivity index (χ0) is 15.0. The molecule has 2 N–H and O–H groups in total. The Bertz CT molecular complexity index is 469. The summed E-state index contributed by atoms with van der Waals surface area (Å²) in [7, 11) is 0. The van der Waals surface area contributed by atoms with Crippen molar-refractivity contribution in [3.63, 3.8) is 0 Å². The molecule has 0 spiro atoms. The molecule has 0 atom stereocenters. The zero-order valence-corrected chi connectivity index (χ0v) is 15.0. The number of hydrogen-bond donors (Lipinski definition) is 2. The van der Waals surface area contributed by atoms with Gasteiger partial charge in [-0.2, -0.15) is 0 Å². The molecule has 0 saturated carbocycles. The van der Waals surface area contributed by atoms with Crippen molar-refractivity contribution < 1.29 is 0 Å². The smallest absolute Gasteiger partial charge is 0.0410 e. The van der Waals surface area contributed by atoms with Gasteiger partial charge in [-0.25, -0.2) is 0 Å². The molecule has 20 heavy (non-hydrogen) atoms. The lowest BCUT2D eigenvalue weighted by molar-refractivity contribution is 0.145. The maximum atomic E-state index is 6.07. The van der Waals surface area contributed by atoms with Gasteiger partial charge in [0.05, 0.1) is 0 Å². The highest BCUT2D eigenvalue weighted by atomic mass is 79.9. The SMILES string of the molecule is CC1(C)CC(NCc2cc(Cl)ccc2Br)CC(C)(C)N1. The van der Waals surface area contributed by atoms with Gasteiger partial charge in [-0.05, 0) is 64.3 Å². The van der Waals surface area contributed by atoms with Gasteiger partial charge in [0, 0.05) is 33.2 Å². The summed E-state index contributed by atoms with van der Waals surface area (Å²) in [5.41, 5.74) is 1.56. The molecule has 0 amide bonds. The molecule has 1 heterocycles. The summed E-state index contributed by atoms with van der Waals surface area (Å²) in [6, 6.07) is 6.46. The predicted molar refractivity (Wildman–Crippen MR) is 90.3 cm³/mol. The zero-order valence-electron chi connectivity index (χ0n) is 12.7. The third kappa shape index (κ3) is 4.45. The van der Waals surface area contributed by atoms with E-state index in [9.17, 15) is 0 Å². The molecule has 1 aliphatic heterocycles. The normalized spacial score (nSPS) is 21.9. The van der Waals surface area contributed by atoms with Crippen LogP contribution in [0.4, 0.5) is 0 Å². The fourth-order valence-electron chi connectivity index (χ4n) is 3.40. The van der Waals surface area contributed by atoms with Crippen LogP contribution in [0.5, 0.6) is 0 Å². The van der Waals surface area contributed by atoms with Crippen LogP contribution < -0.4 is 10.6 Å². The highest BCUT2D eigenvalue weighted by molar-refractivity contribution is 9.10. The monoisotopic (exact) mass is 358 g/mol. The topological polar surface area (TPSA) is 24.1 Å². The van der Waals surface area contributed by atoms with Gasteiger partial charge in [0.15, 0.2) is 0 Å². The van der Waals surface area contributed by atoms with Crippen molar-refractivity contribution in [2.75, 3.05) is 0 Å². The van der Waals surface area contributed by atoms with Crippen molar-refractivity contribution in [3.05, 3.63) is 33.3 Å². The molecule has 0 aliphatic carbocycles. The first-order valence-corrected chi connectivity index (χ1v) is 8.31. The summed E-state index contributed by atoms with van der Waals surface area (Å²) in [6.07, 6.45) is 2.27. The molecular formula is C16H24BrClN2. The Kier molecular flexibility index (Phi) is 4.85. The van der Waals surface area contributed by atoms with Gasteiger partial charge >= 0.3 is 0 Å². The lowest BCUT2D eigenvalue weighted by atomic mass is 9.79. The molecule has 0 radical (unpaired) electrons. The van der Waals surface area contributed by atoms with E-state index in [2.05, 4.69) is 54.3 Å². The molecular weight excluding hydrogens is 336 g/mol. The standard InChI is InChI=1S/C16H24BrClN2/c1-15(2)8-13(9-16(3,4)20-15)19-10-11-7-12(18)5-6-14(11)17/h5-7,13,19-20H,8-10H2,1-4H3. The van der Waals surface area contributed by atoms with Crippen molar-refractivity contribution >= 4 is 27.5 Å². The summed E-state index contributed by atoms with van der Waals surface area (Å²) >= 11 is 9.66. The number of nitrogens with one attached hydrogen (secondary N) is 2. The first-order chi connectivity index (χ1) is 9.17. The van der Waals surface area contributed by atoms with Crippen LogP contribution in [0.15, 0.2) is 22.7 Å². The van der Waals surface area contributed by atoms with Crippen molar-refractivity contribution in [2.24, 2.45) is 0 Å². The minimum absolute atomic E-state index is 0.172. The van der Waals surface area contributed by atoms with E-state index in [1.165, 1.54) is 5.56 Å². The Morgan fingerprint density at radius 3 is 2.45 bits per heavy atom. The van der Waals surface area contributed by atoms with E-state index < -0.39 is 0 Å². The van der Waals surface area contributed by atoms with Crippen LogP contribution in [-0.4, -0.2) is 17.1 Å². The summed E-state index contributed by atoms with van der Waals surface area (Å²) in [6.45, 7) is 9.95. The second-order valence-electron chi connectivity index (χ2n) is 7.11. The predicted octanol–water partition coefficient (Wildman–Crippen LogP) is 4.50. The lowest BCUT2D eigenvalue weighted by Gasteiger charge is -2.46.